The van der Waals surface area contributed by atoms with Gasteiger partial charge in [-0.25, -0.2) is 0 Å². The number of methoxy groups -OCH3 is 1. The molecule has 17 heteroatoms. The molecule has 0 aliphatic carbocycles. The van der Waals surface area contributed by atoms with Gasteiger partial charge in [-0.15, -0.1) is 0 Å². The summed E-state index contributed by atoms with van der Waals surface area (Å²) in [6.07, 6.45) is 0. The zero-order valence-electron chi connectivity index (χ0n) is 8.68. The Kier molecular flexibility index (Phi) is 25.9. The van der Waals surface area contributed by atoms with Gasteiger partial charge in [-0.2, -0.15) is 0 Å². The van der Waals surface area contributed by atoms with Gasteiger partial charge in [0.25, 0.3) is 0 Å². The van der Waals surface area contributed by atoms with Crippen molar-refractivity contribution in [3.8, 4) is 0 Å². The van der Waals surface area contributed by atoms with Gasteiger partial charge in [0.2, 0.25) is 0 Å². The van der Waals surface area contributed by atoms with E-state index < -0.39 is 21.8 Å². The Morgan fingerprint density at radius 3 is 0.474 bits per heavy atom. The molecule has 0 N–H and O–H groups in total. The van der Waals surface area contributed by atoms with Gasteiger partial charge in [-0.1, -0.05) is 0 Å². The number of hydrogen-bond acceptors (Lipinski definition) is 1. The first-order valence-electron chi connectivity index (χ1n) is 3.44. The molecule has 0 unspecified atom stereocenters. The van der Waals surface area contributed by atoms with E-state index in [1.807, 2.05) is 0 Å². The van der Waals surface area contributed by atoms with Gasteiger partial charge in [0, 0.05) is 14.2 Å². The molecule has 0 atom stereocenters. The standard InChI is InChI=1S/C2H6O.3BF4.K.H/c1-3-2;3*2-1(3,4)5;;/h1-2H3;;;;;/q;3*-1;;. The van der Waals surface area contributed by atoms with Crippen LogP contribution in [-0.2, 0) is 4.74 Å². The van der Waals surface area contributed by atoms with Crippen molar-refractivity contribution in [2.75, 3.05) is 14.2 Å². The molecule has 0 spiro atoms. The molecule has 0 radical (unpaired) electrons. The second-order valence-corrected chi connectivity index (χ2v) is 1.89. The average molecular weight is 347 g/mol. The van der Waals surface area contributed by atoms with Gasteiger partial charge < -0.3 is 56.5 Å². The molecule has 19 heavy (non-hydrogen) atoms. The second kappa shape index (κ2) is 15.3. The van der Waals surface area contributed by atoms with Crippen LogP contribution >= 0.6 is 0 Å². The van der Waals surface area contributed by atoms with Gasteiger partial charge in [0.1, 0.15) is 0 Å². The number of hydrogen-bond donors (Lipinski definition) is 0. The summed E-state index contributed by atoms with van der Waals surface area (Å²) in [7, 11) is -14.8. The fourth-order valence-electron chi connectivity index (χ4n) is 0. The summed E-state index contributed by atoms with van der Waals surface area (Å²) in [4.78, 5) is 0. The molecule has 0 aliphatic rings. The van der Waals surface area contributed by atoms with Crippen LogP contribution in [0.15, 0.2) is 0 Å². The fourth-order valence-corrected chi connectivity index (χ4v) is 0. The van der Waals surface area contributed by atoms with Gasteiger partial charge in [0.15, 0.2) is 0 Å². The van der Waals surface area contributed by atoms with Crippen LogP contribution in [0, 0.1) is 0 Å². The maximum atomic E-state index is 9.75. The molecule has 118 valence electrons. The summed E-state index contributed by atoms with van der Waals surface area (Å²) in [5, 5.41) is 0. The van der Waals surface area contributed by atoms with Crippen LogP contribution in [0.1, 0.15) is 0 Å². The van der Waals surface area contributed by atoms with Crippen molar-refractivity contribution < 1.29 is 56.5 Å². The van der Waals surface area contributed by atoms with Gasteiger partial charge >= 0.3 is 73.1 Å². The molecule has 0 saturated carbocycles. The van der Waals surface area contributed by atoms with Crippen molar-refractivity contribution in [1.29, 1.82) is 0 Å². The molecule has 0 heterocycles. The first kappa shape index (κ1) is 32.1. The first-order chi connectivity index (χ1) is 7.41. The van der Waals surface area contributed by atoms with Crippen molar-refractivity contribution in [1.82, 2.24) is 0 Å². The molecule has 0 aromatic carbocycles. The SMILES string of the molecule is COC.F[B-](F)(F)F.F[B-](F)(F)F.F[B-](F)(F)F.[KH]. The summed E-state index contributed by atoms with van der Waals surface area (Å²) in [6.45, 7) is 0. The monoisotopic (exact) mass is 347 g/mol. The van der Waals surface area contributed by atoms with E-state index in [9.17, 15) is 51.8 Å². The van der Waals surface area contributed by atoms with Crippen LogP contribution in [0.5, 0.6) is 0 Å². The summed E-state index contributed by atoms with van der Waals surface area (Å²) in [5.41, 5.74) is 0. The Morgan fingerprint density at radius 2 is 0.474 bits per heavy atom. The predicted molar refractivity (Wildman–Crippen MR) is 50.6 cm³/mol. The predicted octanol–water partition coefficient (Wildman–Crippen LogP) is 3.51. The number of halogens is 12. The third-order valence-electron chi connectivity index (χ3n) is 0. The molecule has 0 aliphatic heterocycles. The van der Waals surface area contributed by atoms with Crippen molar-refractivity contribution in [3.05, 3.63) is 0 Å². The van der Waals surface area contributed by atoms with Gasteiger partial charge in [0.05, 0.1) is 0 Å². The van der Waals surface area contributed by atoms with Crippen LogP contribution < -0.4 is 0 Å². The molecular weight excluding hydrogens is 340 g/mol. The van der Waals surface area contributed by atoms with Crippen LogP contribution in [0.2, 0.25) is 0 Å². The minimum atomic E-state index is -6.00. The average Bonchev–Trinajstić information content (AvgIpc) is 1.71. The Bertz CT molecular complexity index is 117. The van der Waals surface area contributed by atoms with Crippen molar-refractivity contribution in [2.45, 2.75) is 0 Å². The Balaban J connectivity index is -0.0000000458. The third kappa shape index (κ3) is 6020. The zero-order valence-corrected chi connectivity index (χ0v) is 8.68. The molecule has 0 fully saturated rings. The zero-order chi connectivity index (χ0) is 16.2. The Morgan fingerprint density at radius 1 is 0.474 bits per heavy atom. The summed E-state index contributed by atoms with van der Waals surface area (Å²) in [5.74, 6) is 0. The van der Waals surface area contributed by atoms with E-state index in [0.717, 1.165) is 0 Å². The van der Waals surface area contributed by atoms with Crippen LogP contribution in [0.4, 0.5) is 51.8 Å². The molecule has 0 rings (SSSR count). The van der Waals surface area contributed by atoms with E-state index in [2.05, 4.69) is 4.74 Å². The molecular formula is C2H7B3F12KO-3. The fraction of sp³-hybridized carbons (Fsp3) is 1.00. The molecule has 1 nitrogen and oxygen atoms in total. The van der Waals surface area contributed by atoms with E-state index in [1.54, 1.807) is 14.2 Å². The van der Waals surface area contributed by atoms with Gasteiger partial charge in [-0.05, 0) is 0 Å². The van der Waals surface area contributed by atoms with Crippen LogP contribution in [0.25, 0.3) is 0 Å². The first-order valence-corrected chi connectivity index (χ1v) is 3.44. The van der Waals surface area contributed by atoms with Crippen LogP contribution in [-0.4, -0.2) is 87.4 Å². The maximum absolute atomic E-state index is 9.75. The van der Waals surface area contributed by atoms with Crippen molar-refractivity contribution in [3.63, 3.8) is 0 Å². The molecule has 0 aromatic rings. The Hall–Kier alpha value is 0.951. The van der Waals surface area contributed by atoms with E-state index in [-0.39, 0.29) is 51.4 Å². The summed E-state index contributed by atoms with van der Waals surface area (Å²) in [6, 6.07) is 0. The molecule has 0 saturated heterocycles. The van der Waals surface area contributed by atoms with Crippen LogP contribution in [0.3, 0.4) is 0 Å². The van der Waals surface area contributed by atoms with Gasteiger partial charge in [-0.3, -0.25) is 0 Å². The quantitative estimate of drug-likeness (QED) is 0.482. The summed E-state index contributed by atoms with van der Waals surface area (Å²) < 4.78 is 121. The second-order valence-electron chi connectivity index (χ2n) is 1.89. The van der Waals surface area contributed by atoms with Crippen molar-refractivity contribution >= 4 is 73.1 Å². The summed E-state index contributed by atoms with van der Waals surface area (Å²) >= 11 is 0. The molecule has 0 amide bonds. The van der Waals surface area contributed by atoms with Crippen molar-refractivity contribution in [2.24, 2.45) is 0 Å². The number of rotatable bonds is 0. The molecule has 0 bridgehead atoms. The molecule has 0 aromatic heterocycles. The Labute approximate surface area is 143 Å². The minimum absolute atomic E-state index is 0. The van der Waals surface area contributed by atoms with E-state index >= 15 is 0 Å². The topological polar surface area (TPSA) is 9.23 Å². The van der Waals surface area contributed by atoms with E-state index in [4.69, 9.17) is 0 Å². The van der Waals surface area contributed by atoms with E-state index in [0.29, 0.717) is 0 Å². The third-order valence-corrected chi connectivity index (χ3v) is 0. The normalized spacial score (nSPS) is 10.4. The number of ether oxygens (including phenoxy) is 1. The van der Waals surface area contributed by atoms with E-state index in [1.165, 1.54) is 0 Å².